The fourth-order valence-corrected chi connectivity index (χ4v) is 3.57. The predicted octanol–water partition coefficient (Wildman–Crippen LogP) is 1.83. The van der Waals surface area contributed by atoms with E-state index in [1.807, 2.05) is 49.1 Å². The molecule has 1 aliphatic heterocycles. The first-order valence-corrected chi connectivity index (χ1v) is 8.34. The van der Waals surface area contributed by atoms with Crippen LogP contribution in [-0.2, 0) is 9.53 Å². The lowest BCUT2D eigenvalue weighted by molar-refractivity contribution is -0.125. The predicted molar refractivity (Wildman–Crippen MR) is 87.0 cm³/mol. The van der Waals surface area contributed by atoms with Gasteiger partial charge in [0.2, 0.25) is 5.91 Å². The normalized spacial score (nSPS) is 26.9. The summed E-state index contributed by atoms with van der Waals surface area (Å²) in [6.07, 6.45) is 1.35. The number of nitrogens with zero attached hydrogens (tertiary/aromatic N) is 1. The van der Waals surface area contributed by atoms with Gasteiger partial charge in [0.1, 0.15) is 0 Å². The van der Waals surface area contributed by atoms with E-state index in [0.29, 0.717) is 31.6 Å². The standard InChI is InChI=1S/C18H24N2O3/c1-12(2)19-17(21)14-10-15-16(11-14)23-9-8-20(15)18(22)13-6-4-3-5-7-13/h3-7,12,14-16H,8-11H2,1-2H3,(H,19,21)/t14-,15+,16+/m0/s1. The number of carbonyl (C=O) groups is 2. The highest BCUT2D eigenvalue weighted by atomic mass is 16.5. The number of ether oxygens (including phenoxy) is 1. The van der Waals surface area contributed by atoms with E-state index in [2.05, 4.69) is 5.32 Å². The van der Waals surface area contributed by atoms with Crippen LogP contribution in [0.4, 0.5) is 0 Å². The highest BCUT2D eigenvalue weighted by molar-refractivity contribution is 5.94. The summed E-state index contributed by atoms with van der Waals surface area (Å²) >= 11 is 0. The zero-order valence-electron chi connectivity index (χ0n) is 13.7. The number of rotatable bonds is 3. The first-order valence-electron chi connectivity index (χ1n) is 8.34. The molecule has 1 heterocycles. The van der Waals surface area contributed by atoms with Crippen molar-refractivity contribution in [2.24, 2.45) is 5.92 Å². The van der Waals surface area contributed by atoms with Crippen molar-refractivity contribution in [3.63, 3.8) is 0 Å². The quantitative estimate of drug-likeness (QED) is 0.925. The summed E-state index contributed by atoms with van der Waals surface area (Å²) in [5.41, 5.74) is 0.697. The van der Waals surface area contributed by atoms with Crippen LogP contribution >= 0.6 is 0 Å². The van der Waals surface area contributed by atoms with Crippen molar-refractivity contribution in [3.8, 4) is 0 Å². The Morgan fingerprint density at radius 2 is 1.96 bits per heavy atom. The fraction of sp³-hybridized carbons (Fsp3) is 0.556. The molecule has 0 unspecified atom stereocenters. The first kappa shape index (κ1) is 16.0. The molecule has 3 atom stereocenters. The summed E-state index contributed by atoms with van der Waals surface area (Å²) in [5, 5.41) is 2.97. The lowest BCUT2D eigenvalue weighted by Gasteiger charge is -2.37. The lowest BCUT2D eigenvalue weighted by atomic mass is 10.1. The Bertz CT molecular complexity index is 573. The molecule has 3 rings (SSSR count). The molecule has 0 bridgehead atoms. The lowest BCUT2D eigenvalue weighted by Crippen LogP contribution is -2.51. The van der Waals surface area contributed by atoms with Gasteiger partial charge in [-0.15, -0.1) is 0 Å². The Morgan fingerprint density at radius 3 is 2.65 bits per heavy atom. The van der Waals surface area contributed by atoms with Crippen molar-refractivity contribution in [2.45, 2.75) is 44.9 Å². The molecule has 0 aromatic heterocycles. The van der Waals surface area contributed by atoms with Crippen LogP contribution in [0.15, 0.2) is 30.3 Å². The van der Waals surface area contributed by atoms with Gasteiger partial charge in [0, 0.05) is 24.1 Å². The Kier molecular flexibility index (Phi) is 4.66. The minimum atomic E-state index is -0.0726. The summed E-state index contributed by atoms with van der Waals surface area (Å²) in [4.78, 5) is 26.9. The molecule has 2 fully saturated rings. The van der Waals surface area contributed by atoms with Gasteiger partial charge in [-0.2, -0.15) is 0 Å². The molecular formula is C18H24N2O3. The van der Waals surface area contributed by atoms with Gasteiger partial charge in [0.25, 0.3) is 5.91 Å². The maximum atomic E-state index is 12.8. The maximum absolute atomic E-state index is 12.8. The third kappa shape index (κ3) is 3.39. The molecule has 1 saturated carbocycles. The molecule has 23 heavy (non-hydrogen) atoms. The van der Waals surface area contributed by atoms with Crippen molar-refractivity contribution in [3.05, 3.63) is 35.9 Å². The van der Waals surface area contributed by atoms with Crippen LogP contribution in [-0.4, -0.2) is 48.1 Å². The SMILES string of the molecule is CC(C)NC(=O)[C@H]1C[C@@H]2[C@@H](C1)OCCN2C(=O)c1ccccc1. The van der Waals surface area contributed by atoms with Gasteiger partial charge < -0.3 is 15.0 Å². The zero-order valence-corrected chi connectivity index (χ0v) is 13.7. The molecule has 1 aliphatic carbocycles. The second kappa shape index (κ2) is 6.71. The topological polar surface area (TPSA) is 58.6 Å². The van der Waals surface area contributed by atoms with Gasteiger partial charge in [-0.05, 0) is 38.8 Å². The summed E-state index contributed by atoms with van der Waals surface area (Å²) in [6, 6.07) is 9.46. The van der Waals surface area contributed by atoms with Gasteiger partial charge >= 0.3 is 0 Å². The number of nitrogens with one attached hydrogen (secondary N) is 1. The third-order valence-corrected chi connectivity index (χ3v) is 4.62. The summed E-state index contributed by atoms with van der Waals surface area (Å²) in [7, 11) is 0. The fourth-order valence-electron chi connectivity index (χ4n) is 3.57. The van der Waals surface area contributed by atoms with Crippen LogP contribution in [0.3, 0.4) is 0 Å². The van der Waals surface area contributed by atoms with E-state index in [9.17, 15) is 9.59 Å². The van der Waals surface area contributed by atoms with Gasteiger partial charge in [-0.1, -0.05) is 18.2 Å². The van der Waals surface area contributed by atoms with E-state index >= 15 is 0 Å². The highest BCUT2D eigenvalue weighted by Crippen LogP contribution is 2.35. The van der Waals surface area contributed by atoms with Gasteiger partial charge in [0.05, 0.1) is 18.8 Å². The number of morpholine rings is 1. The number of carbonyl (C=O) groups excluding carboxylic acids is 2. The number of fused-ring (bicyclic) bond motifs is 1. The van der Waals surface area contributed by atoms with Crippen molar-refractivity contribution in [1.82, 2.24) is 10.2 Å². The van der Waals surface area contributed by atoms with Crippen LogP contribution in [0.2, 0.25) is 0 Å². The average Bonchev–Trinajstić information content (AvgIpc) is 2.98. The summed E-state index contributed by atoms with van der Waals surface area (Å²) < 4.78 is 5.83. The Morgan fingerprint density at radius 1 is 1.22 bits per heavy atom. The summed E-state index contributed by atoms with van der Waals surface area (Å²) in [5.74, 6) is 0.0375. The molecule has 1 aromatic rings. The second-order valence-corrected chi connectivity index (χ2v) is 6.67. The molecule has 1 N–H and O–H groups in total. The molecule has 2 amide bonds. The largest absolute Gasteiger partial charge is 0.374 e. The average molecular weight is 316 g/mol. The van der Waals surface area contributed by atoms with Crippen molar-refractivity contribution < 1.29 is 14.3 Å². The van der Waals surface area contributed by atoms with Crippen molar-refractivity contribution in [1.29, 1.82) is 0 Å². The molecule has 1 aromatic carbocycles. The Balaban J connectivity index is 1.72. The van der Waals surface area contributed by atoms with E-state index in [1.54, 1.807) is 0 Å². The van der Waals surface area contributed by atoms with Crippen LogP contribution in [0, 0.1) is 5.92 Å². The second-order valence-electron chi connectivity index (χ2n) is 6.67. The smallest absolute Gasteiger partial charge is 0.254 e. The molecular weight excluding hydrogens is 292 g/mol. The maximum Gasteiger partial charge on any atom is 0.254 e. The van der Waals surface area contributed by atoms with Crippen LogP contribution in [0.25, 0.3) is 0 Å². The van der Waals surface area contributed by atoms with Gasteiger partial charge in [0.15, 0.2) is 0 Å². The number of amides is 2. The molecule has 0 radical (unpaired) electrons. The van der Waals surface area contributed by atoms with Gasteiger partial charge in [-0.25, -0.2) is 0 Å². The van der Waals surface area contributed by atoms with E-state index in [-0.39, 0.29) is 35.9 Å². The number of hydrogen-bond donors (Lipinski definition) is 1. The van der Waals surface area contributed by atoms with E-state index in [0.717, 1.165) is 0 Å². The molecule has 0 spiro atoms. The molecule has 124 valence electrons. The third-order valence-electron chi connectivity index (χ3n) is 4.62. The van der Waals surface area contributed by atoms with E-state index in [1.165, 1.54) is 0 Å². The number of benzene rings is 1. The molecule has 5 nitrogen and oxygen atoms in total. The molecule has 1 saturated heterocycles. The van der Waals surface area contributed by atoms with Gasteiger partial charge in [-0.3, -0.25) is 9.59 Å². The monoisotopic (exact) mass is 316 g/mol. The molecule has 5 heteroatoms. The Labute approximate surface area is 137 Å². The summed E-state index contributed by atoms with van der Waals surface area (Å²) in [6.45, 7) is 5.05. The minimum Gasteiger partial charge on any atom is -0.374 e. The van der Waals surface area contributed by atoms with Crippen LogP contribution in [0.5, 0.6) is 0 Å². The highest BCUT2D eigenvalue weighted by Gasteiger charge is 2.45. The van der Waals surface area contributed by atoms with Crippen LogP contribution < -0.4 is 5.32 Å². The van der Waals surface area contributed by atoms with Crippen molar-refractivity contribution in [2.75, 3.05) is 13.2 Å². The zero-order chi connectivity index (χ0) is 16.4. The van der Waals surface area contributed by atoms with E-state index in [4.69, 9.17) is 4.74 Å². The molecule has 2 aliphatic rings. The van der Waals surface area contributed by atoms with E-state index < -0.39 is 0 Å². The Hall–Kier alpha value is -1.88. The minimum absolute atomic E-state index is 0.000585. The first-order chi connectivity index (χ1) is 11.1. The number of hydrogen-bond acceptors (Lipinski definition) is 3. The van der Waals surface area contributed by atoms with Crippen LogP contribution in [0.1, 0.15) is 37.0 Å². The van der Waals surface area contributed by atoms with Crippen molar-refractivity contribution >= 4 is 11.8 Å².